The summed E-state index contributed by atoms with van der Waals surface area (Å²) in [7, 11) is -3.60. The molecule has 2 amide bonds. The molecule has 1 aromatic carbocycles. The molecule has 3 N–H and O–H groups in total. The Morgan fingerprint density at radius 2 is 1.74 bits per heavy atom. The molecule has 150 valence electrons. The predicted molar refractivity (Wildman–Crippen MR) is 104 cm³/mol. The van der Waals surface area contributed by atoms with E-state index in [1.165, 1.54) is 30.7 Å². The second kappa shape index (κ2) is 9.32. The van der Waals surface area contributed by atoms with Crippen molar-refractivity contribution in [1.29, 1.82) is 0 Å². The molecule has 2 atom stereocenters. The summed E-state index contributed by atoms with van der Waals surface area (Å²) in [6.45, 7) is 5.50. The molecule has 0 bridgehead atoms. The van der Waals surface area contributed by atoms with E-state index in [1.54, 1.807) is 13.8 Å². The first-order chi connectivity index (χ1) is 12.7. The molecule has 1 fully saturated rings. The lowest BCUT2D eigenvalue weighted by atomic mass is 9.86. The maximum absolute atomic E-state index is 12.2. The molecule has 0 spiro atoms. The Hall–Kier alpha value is -1.93. The van der Waals surface area contributed by atoms with Crippen molar-refractivity contribution in [3.63, 3.8) is 0 Å². The molecule has 0 heterocycles. The van der Waals surface area contributed by atoms with Crippen molar-refractivity contribution in [2.24, 2.45) is 5.92 Å². The number of carbonyl (C=O) groups is 2. The molecular formula is C19H29N3O4S. The van der Waals surface area contributed by atoms with Crippen LogP contribution in [-0.2, 0) is 14.8 Å². The molecule has 8 heteroatoms. The van der Waals surface area contributed by atoms with Gasteiger partial charge in [0.25, 0.3) is 5.91 Å². The highest BCUT2D eigenvalue weighted by Gasteiger charge is 2.23. The lowest BCUT2D eigenvalue weighted by Crippen LogP contribution is -2.45. The van der Waals surface area contributed by atoms with Gasteiger partial charge in [-0.2, -0.15) is 0 Å². The summed E-state index contributed by atoms with van der Waals surface area (Å²) in [5, 5.41) is 5.56. The molecule has 0 aromatic heterocycles. The third-order valence-corrected chi connectivity index (χ3v) is 6.36. The van der Waals surface area contributed by atoms with Crippen molar-refractivity contribution in [2.75, 3.05) is 6.54 Å². The molecule has 0 saturated heterocycles. The Labute approximate surface area is 161 Å². The number of sulfonamides is 1. The van der Waals surface area contributed by atoms with Crippen LogP contribution >= 0.6 is 0 Å². The number of benzene rings is 1. The van der Waals surface area contributed by atoms with Crippen LogP contribution in [-0.4, -0.2) is 38.9 Å². The maximum Gasteiger partial charge on any atom is 0.251 e. The first kappa shape index (κ1) is 21.4. The molecule has 0 aliphatic heterocycles. The molecule has 1 aromatic rings. The second-order valence-electron chi connectivity index (χ2n) is 7.42. The van der Waals surface area contributed by atoms with Crippen molar-refractivity contribution in [3.05, 3.63) is 29.8 Å². The van der Waals surface area contributed by atoms with Gasteiger partial charge in [0.05, 0.1) is 11.4 Å². The standard InChI is InChI=1S/C19H29N3O4S/c1-13(2)22-27(25,26)16-10-8-15(9-11-16)19(24)20-12-18(23)21-17-7-5-4-6-14(17)3/h8-11,13-14,17,22H,4-7,12H2,1-3H3,(H,20,24)(H,21,23)/t14-,17-/m0/s1. The van der Waals surface area contributed by atoms with Crippen molar-refractivity contribution >= 4 is 21.8 Å². The Kier molecular flexibility index (Phi) is 7.38. The summed E-state index contributed by atoms with van der Waals surface area (Å²) in [6, 6.07) is 5.58. The average Bonchev–Trinajstić information content (AvgIpc) is 2.61. The smallest absolute Gasteiger partial charge is 0.251 e. The summed E-state index contributed by atoms with van der Waals surface area (Å²) in [5.74, 6) is -0.169. The fraction of sp³-hybridized carbons (Fsp3) is 0.579. The van der Waals surface area contributed by atoms with Crippen molar-refractivity contribution in [3.8, 4) is 0 Å². The number of carbonyl (C=O) groups excluding carboxylic acids is 2. The van der Waals surface area contributed by atoms with Gasteiger partial charge < -0.3 is 10.6 Å². The Morgan fingerprint density at radius 3 is 2.33 bits per heavy atom. The SMILES string of the molecule is CC(C)NS(=O)(=O)c1ccc(C(=O)NCC(=O)N[C@H]2CCCC[C@@H]2C)cc1. The third kappa shape index (κ3) is 6.32. The number of rotatable bonds is 7. The highest BCUT2D eigenvalue weighted by Crippen LogP contribution is 2.23. The zero-order chi connectivity index (χ0) is 20.0. The molecule has 0 unspecified atom stereocenters. The van der Waals surface area contributed by atoms with Crippen LogP contribution in [0.3, 0.4) is 0 Å². The van der Waals surface area contributed by atoms with E-state index in [0.29, 0.717) is 11.5 Å². The highest BCUT2D eigenvalue weighted by atomic mass is 32.2. The quantitative estimate of drug-likeness (QED) is 0.655. The van der Waals surface area contributed by atoms with Gasteiger partial charge in [-0.3, -0.25) is 9.59 Å². The van der Waals surface area contributed by atoms with Crippen LogP contribution in [0.1, 0.15) is 56.8 Å². The lowest BCUT2D eigenvalue weighted by molar-refractivity contribution is -0.121. The summed E-state index contributed by atoms with van der Waals surface area (Å²) in [5.41, 5.74) is 0.303. The Balaban J connectivity index is 1.87. The zero-order valence-corrected chi connectivity index (χ0v) is 16.9. The van der Waals surface area contributed by atoms with Gasteiger partial charge in [0, 0.05) is 17.6 Å². The molecule has 7 nitrogen and oxygen atoms in total. The van der Waals surface area contributed by atoms with E-state index >= 15 is 0 Å². The van der Waals surface area contributed by atoms with Crippen molar-refractivity contribution in [1.82, 2.24) is 15.4 Å². The number of nitrogens with one attached hydrogen (secondary N) is 3. The highest BCUT2D eigenvalue weighted by molar-refractivity contribution is 7.89. The Bertz CT molecular complexity index is 760. The van der Waals surface area contributed by atoms with Crippen molar-refractivity contribution < 1.29 is 18.0 Å². The largest absolute Gasteiger partial charge is 0.352 e. The minimum absolute atomic E-state index is 0.0942. The van der Waals surface area contributed by atoms with Gasteiger partial charge >= 0.3 is 0 Å². The van der Waals surface area contributed by atoms with E-state index in [0.717, 1.165) is 19.3 Å². The minimum atomic E-state index is -3.60. The molecule has 1 aliphatic carbocycles. The van der Waals surface area contributed by atoms with E-state index < -0.39 is 15.9 Å². The van der Waals surface area contributed by atoms with Gasteiger partial charge in [-0.15, -0.1) is 0 Å². The average molecular weight is 396 g/mol. The number of hydrogen-bond donors (Lipinski definition) is 3. The zero-order valence-electron chi connectivity index (χ0n) is 16.1. The van der Waals surface area contributed by atoms with Gasteiger partial charge in [0.1, 0.15) is 0 Å². The van der Waals surface area contributed by atoms with Crippen LogP contribution in [0.5, 0.6) is 0 Å². The monoisotopic (exact) mass is 395 g/mol. The van der Waals surface area contributed by atoms with Crippen LogP contribution in [0, 0.1) is 5.92 Å². The van der Waals surface area contributed by atoms with Gasteiger partial charge in [-0.25, -0.2) is 13.1 Å². The summed E-state index contributed by atoms with van der Waals surface area (Å²) in [4.78, 5) is 24.3. The van der Waals surface area contributed by atoms with E-state index in [-0.39, 0.29) is 29.4 Å². The molecule has 1 aliphatic rings. The summed E-state index contributed by atoms with van der Waals surface area (Å²) < 4.78 is 26.7. The first-order valence-corrected chi connectivity index (χ1v) is 10.9. The van der Waals surface area contributed by atoms with Crippen LogP contribution in [0.2, 0.25) is 0 Å². The Morgan fingerprint density at radius 1 is 1.11 bits per heavy atom. The summed E-state index contributed by atoms with van der Waals surface area (Å²) in [6.07, 6.45) is 4.39. The lowest BCUT2D eigenvalue weighted by Gasteiger charge is -2.29. The van der Waals surface area contributed by atoms with Crippen LogP contribution in [0.25, 0.3) is 0 Å². The van der Waals surface area contributed by atoms with E-state index in [4.69, 9.17) is 0 Å². The minimum Gasteiger partial charge on any atom is -0.352 e. The molecular weight excluding hydrogens is 366 g/mol. The van der Waals surface area contributed by atoms with Crippen LogP contribution in [0.4, 0.5) is 0 Å². The van der Waals surface area contributed by atoms with Crippen molar-refractivity contribution in [2.45, 2.75) is 63.4 Å². The molecule has 27 heavy (non-hydrogen) atoms. The first-order valence-electron chi connectivity index (χ1n) is 9.39. The van der Waals surface area contributed by atoms with Gasteiger partial charge in [0.2, 0.25) is 15.9 Å². The topological polar surface area (TPSA) is 104 Å². The van der Waals surface area contributed by atoms with E-state index in [2.05, 4.69) is 22.3 Å². The second-order valence-corrected chi connectivity index (χ2v) is 9.13. The predicted octanol–water partition coefficient (Wildman–Crippen LogP) is 1.80. The van der Waals surface area contributed by atoms with Crippen LogP contribution < -0.4 is 15.4 Å². The fourth-order valence-corrected chi connectivity index (χ4v) is 4.47. The number of hydrogen-bond acceptors (Lipinski definition) is 4. The van der Waals surface area contributed by atoms with E-state index in [9.17, 15) is 18.0 Å². The number of amides is 2. The molecule has 0 radical (unpaired) electrons. The fourth-order valence-electron chi connectivity index (χ4n) is 3.21. The molecule has 2 rings (SSSR count). The van der Waals surface area contributed by atoms with Gasteiger partial charge in [-0.1, -0.05) is 19.8 Å². The third-order valence-electron chi connectivity index (χ3n) is 4.69. The molecule has 1 saturated carbocycles. The van der Waals surface area contributed by atoms with Crippen LogP contribution in [0.15, 0.2) is 29.2 Å². The summed E-state index contributed by atoms with van der Waals surface area (Å²) >= 11 is 0. The normalized spacial score (nSPS) is 20.3. The maximum atomic E-state index is 12.2. The van der Waals surface area contributed by atoms with Gasteiger partial charge in [0.15, 0.2) is 0 Å². The van der Waals surface area contributed by atoms with E-state index in [1.807, 2.05) is 0 Å². The van der Waals surface area contributed by atoms with Gasteiger partial charge in [-0.05, 0) is 56.9 Å².